The van der Waals surface area contributed by atoms with Crippen molar-refractivity contribution in [2.75, 3.05) is 17.7 Å². The third-order valence-corrected chi connectivity index (χ3v) is 6.03. The Kier molecular flexibility index (Phi) is 5.89. The number of urea groups is 1. The van der Waals surface area contributed by atoms with Gasteiger partial charge in [-0.05, 0) is 79.4 Å². The highest BCUT2D eigenvalue weighted by Crippen LogP contribution is 2.35. The number of hydrogen-bond donors (Lipinski definition) is 3. The zero-order valence-corrected chi connectivity index (χ0v) is 17.4. The summed E-state index contributed by atoms with van der Waals surface area (Å²) in [6.45, 7) is 5.95. The molecule has 0 aliphatic heterocycles. The molecule has 3 N–H and O–H groups in total. The molecule has 0 fully saturated rings. The maximum atomic E-state index is 12.5. The summed E-state index contributed by atoms with van der Waals surface area (Å²) in [5.74, 6) is -0.377. The smallest absolute Gasteiger partial charge is 0.348 e. The van der Waals surface area contributed by atoms with Gasteiger partial charge in [0, 0.05) is 10.6 Å². The molecule has 0 aliphatic rings. The van der Waals surface area contributed by atoms with Crippen molar-refractivity contribution in [3.8, 4) is 16.2 Å². The molecule has 0 saturated carbocycles. The molecule has 7 heteroatoms. The van der Waals surface area contributed by atoms with Gasteiger partial charge in [-0.15, -0.1) is 11.3 Å². The summed E-state index contributed by atoms with van der Waals surface area (Å²) in [5, 5.41) is 15.0. The number of carboxylic acids is 1. The van der Waals surface area contributed by atoms with Crippen molar-refractivity contribution < 1.29 is 19.4 Å². The van der Waals surface area contributed by atoms with E-state index < -0.39 is 12.0 Å². The van der Waals surface area contributed by atoms with Crippen molar-refractivity contribution in [3.63, 3.8) is 0 Å². The number of nitrogens with one attached hydrogen (secondary N) is 2. The van der Waals surface area contributed by atoms with Crippen molar-refractivity contribution in [2.45, 2.75) is 20.8 Å². The molecule has 3 rings (SSSR count). The van der Waals surface area contributed by atoms with E-state index in [9.17, 15) is 14.7 Å². The molecule has 2 amide bonds. The summed E-state index contributed by atoms with van der Waals surface area (Å²) >= 11 is 1.11. The number of hydrogen-bond acceptors (Lipinski definition) is 4. The lowest BCUT2D eigenvalue weighted by molar-refractivity contribution is 0.0703. The summed E-state index contributed by atoms with van der Waals surface area (Å²) in [7, 11) is 1.58. The Hall–Kier alpha value is -3.32. The zero-order chi connectivity index (χ0) is 21.1. The molecule has 0 unspecified atom stereocenters. The first-order valence-electron chi connectivity index (χ1n) is 8.96. The first-order chi connectivity index (χ1) is 13.8. The molecule has 0 radical (unpaired) electrons. The second-order valence-electron chi connectivity index (χ2n) is 6.65. The van der Waals surface area contributed by atoms with Crippen molar-refractivity contribution in [2.24, 2.45) is 0 Å². The monoisotopic (exact) mass is 410 g/mol. The van der Waals surface area contributed by atoms with E-state index in [0.29, 0.717) is 11.4 Å². The van der Waals surface area contributed by atoms with Gasteiger partial charge < -0.3 is 20.5 Å². The van der Waals surface area contributed by atoms with Gasteiger partial charge in [-0.25, -0.2) is 9.59 Å². The number of carbonyl (C=O) groups is 2. The number of anilines is 2. The summed E-state index contributed by atoms with van der Waals surface area (Å²) < 4.78 is 5.15. The summed E-state index contributed by atoms with van der Waals surface area (Å²) in [5.41, 5.74) is 5.01. The van der Waals surface area contributed by atoms with E-state index in [-0.39, 0.29) is 10.6 Å². The molecule has 29 heavy (non-hydrogen) atoms. The number of aromatic carboxylic acids is 1. The normalized spacial score (nSPS) is 10.5. The minimum absolute atomic E-state index is 0.0720. The molecule has 0 saturated heterocycles. The number of carboxylic acid groups (broad SMARTS) is 1. The van der Waals surface area contributed by atoms with Crippen LogP contribution in [0.5, 0.6) is 5.75 Å². The molecule has 0 atom stereocenters. The topological polar surface area (TPSA) is 87.7 Å². The number of carbonyl (C=O) groups excluding carboxylic acids is 1. The Morgan fingerprint density at radius 1 is 0.931 bits per heavy atom. The molecule has 1 heterocycles. The Bertz CT molecular complexity index is 1070. The number of methoxy groups -OCH3 is 1. The number of thiophene rings is 1. The second kappa shape index (κ2) is 8.36. The molecular weight excluding hydrogens is 388 g/mol. The van der Waals surface area contributed by atoms with Gasteiger partial charge in [0.25, 0.3) is 0 Å². The molecule has 150 valence electrons. The Morgan fingerprint density at radius 2 is 1.59 bits per heavy atom. The zero-order valence-electron chi connectivity index (χ0n) is 16.6. The quantitative estimate of drug-likeness (QED) is 0.504. The van der Waals surface area contributed by atoms with Gasteiger partial charge in [0.15, 0.2) is 0 Å². The van der Waals surface area contributed by atoms with Crippen molar-refractivity contribution >= 4 is 34.7 Å². The molecule has 0 aliphatic carbocycles. The summed E-state index contributed by atoms with van der Waals surface area (Å²) in [6.07, 6.45) is 0. The highest BCUT2D eigenvalue weighted by Gasteiger charge is 2.19. The third kappa shape index (κ3) is 4.41. The predicted octanol–water partition coefficient (Wildman–Crippen LogP) is 5.69. The number of benzene rings is 2. The molecular formula is C22H22N2O4S. The van der Waals surface area contributed by atoms with E-state index in [2.05, 4.69) is 10.6 Å². The molecule has 1 aromatic heterocycles. The van der Waals surface area contributed by atoms with E-state index in [1.54, 1.807) is 25.3 Å². The standard InChI is InChI=1S/C22H22N2O4S/c1-12-5-10-17(14(3)13(12)2)23-22(27)24-18-11-19(29-20(18)21(25)26)15-6-8-16(28-4)9-7-15/h5-11H,1-4H3,(H,25,26)(H2,23,24,27). The minimum Gasteiger partial charge on any atom is -0.497 e. The fourth-order valence-corrected chi connectivity index (χ4v) is 3.87. The van der Waals surface area contributed by atoms with Gasteiger partial charge in [-0.2, -0.15) is 0 Å². The SMILES string of the molecule is COc1ccc(-c2cc(NC(=O)Nc3ccc(C)c(C)c3C)c(C(=O)O)s2)cc1. The van der Waals surface area contributed by atoms with E-state index in [1.165, 1.54) is 0 Å². The third-order valence-electron chi connectivity index (χ3n) is 4.86. The van der Waals surface area contributed by atoms with E-state index in [0.717, 1.165) is 38.5 Å². The fourth-order valence-electron chi connectivity index (χ4n) is 2.91. The van der Waals surface area contributed by atoms with Crippen LogP contribution in [-0.4, -0.2) is 24.2 Å². The van der Waals surface area contributed by atoms with Crippen LogP contribution < -0.4 is 15.4 Å². The molecule has 0 bridgehead atoms. The Balaban J connectivity index is 1.84. The van der Waals surface area contributed by atoms with Gasteiger partial charge in [0.2, 0.25) is 0 Å². The average molecular weight is 410 g/mol. The summed E-state index contributed by atoms with van der Waals surface area (Å²) in [4.78, 5) is 25.0. The van der Waals surface area contributed by atoms with Crippen LogP contribution in [0.4, 0.5) is 16.2 Å². The average Bonchev–Trinajstić information content (AvgIpc) is 3.12. The second-order valence-corrected chi connectivity index (χ2v) is 7.70. The van der Waals surface area contributed by atoms with Crippen LogP contribution in [-0.2, 0) is 0 Å². The van der Waals surface area contributed by atoms with Crippen LogP contribution in [0.25, 0.3) is 10.4 Å². The van der Waals surface area contributed by atoms with Crippen LogP contribution >= 0.6 is 11.3 Å². The van der Waals surface area contributed by atoms with Crippen molar-refractivity contribution in [1.29, 1.82) is 0 Å². The van der Waals surface area contributed by atoms with Crippen LogP contribution in [0.15, 0.2) is 42.5 Å². The van der Waals surface area contributed by atoms with E-state index >= 15 is 0 Å². The van der Waals surface area contributed by atoms with E-state index in [4.69, 9.17) is 4.74 Å². The largest absolute Gasteiger partial charge is 0.497 e. The maximum Gasteiger partial charge on any atom is 0.348 e. The number of amides is 2. The molecule has 2 aromatic carbocycles. The minimum atomic E-state index is -1.09. The van der Waals surface area contributed by atoms with Crippen LogP contribution in [0, 0.1) is 20.8 Å². The Labute approximate surface area is 173 Å². The number of rotatable bonds is 5. The Morgan fingerprint density at radius 3 is 2.21 bits per heavy atom. The molecule has 3 aromatic rings. The van der Waals surface area contributed by atoms with Gasteiger partial charge in [0.1, 0.15) is 10.6 Å². The highest BCUT2D eigenvalue weighted by atomic mass is 32.1. The lowest BCUT2D eigenvalue weighted by atomic mass is 10.0. The first-order valence-corrected chi connectivity index (χ1v) is 9.78. The lowest BCUT2D eigenvalue weighted by Gasteiger charge is -2.13. The predicted molar refractivity (Wildman–Crippen MR) is 117 cm³/mol. The van der Waals surface area contributed by atoms with Gasteiger partial charge in [-0.1, -0.05) is 6.07 Å². The summed E-state index contributed by atoms with van der Waals surface area (Å²) in [6, 6.07) is 12.3. The van der Waals surface area contributed by atoms with Crippen molar-refractivity contribution in [1.82, 2.24) is 0 Å². The number of ether oxygens (including phenoxy) is 1. The lowest BCUT2D eigenvalue weighted by Crippen LogP contribution is -2.21. The van der Waals surface area contributed by atoms with Crippen molar-refractivity contribution in [3.05, 3.63) is 64.0 Å². The van der Waals surface area contributed by atoms with Gasteiger partial charge in [0.05, 0.1) is 12.8 Å². The first kappa shape index (κ1) is 20.4. The van der Waals surface area contributed by atoms with E-state index in [1.807, 2.05) is 45.0 Å². The fraction of sp³-hybridized carbons (Fsp3) is 0.182. The van der Waals surface area contributed by atoms with Crippen LogP contribution in [0.1, 0.15) is 26.4 Å². The molecule has 0 spiro atoms. The van der Waals surface area contributed by atoms with Gasteiger partial charge >= 0.3 is 12.0 Å². The van der Waals surface area contributed by atoms with Crippen LogP contribution in [0.3, 0.4) is 0 Å². The molecule has 6 nitrogen and oxygen atoms in total. The van der Waals surface area contributed by atoms with Crippen LogP contribution in [0.2, 0.25) is 0 Å². The highest BCUT2D eigenvalue weighted by molar-refractivity contribution is 7.18. The number of aryl methyl sites for hydroxylation is 1. The maximum absolute atomic E-state index is 12.5. The van der Waals surface area contributed by atoms with Gasteiger partial charge in [-0.3, -0.25) is 0 Å².